The van der Waals surface area contributed by atoms with Crippen LogP contribution in [-0.4, -0.2) is 36.0 Å². The van der Waals surface area contributed by atoms with Crippen molar-refractivity contribution < 1.29 is 28.6 Å². The van der Waals surface area contributed by atoms with E-state index in [9.17, 15) is 14.4 Å². The molecule has 0 aromatic heterocycles. The zero-order valence-electron chi connectivity index (χ0n) is 22.1. The molecular weight excluding hydrogens is 444 g/mol. The molecule has 35 heavy (non-hydrogen) atoms. The highest BCUT2D eigenvalue weighted by molar-refractivity contribution is 6.20. The Morgan fingerprint density at radius 1 is 1.14 bits per heavy atom. The summed E-state index contributed by atoms with van der Waals surface area (Å²) < 4.78 is 19.0. The molecule has 2 fully saturated rings. The number of allylic oxidation sites excluding steroid dienone is 7. The van der Waals surface area contributed by atoms with E-state index in [0.717, 1.165) is 30.6 Å². The lowest BCUT2D eigenvalue weighted by atomic mass is 9.55. The van der Waals surface area contributed by atoms with Crippen molar-refractivity contribution in [2.75, 3.05) is 6.61 Å². The molecule has 1 saturated carbocycles. The van der Waals surface area contributed by atoms with Crippen molar-refractivity contribution in [3.05, 3.63) is 46.8 Å². The van der Waals surface area contributed by atoms with Crippen molar-refractivity contribution in [2.45, 2.75) is 92.5 Å². The van der Waals surface area contributed by atoms with Crippen molar-refractivity contribution in [2.24, 2.45) is 16.2 Å². The number of hydrogen-bond donors (Lipinski definition) is 0. The van der Waals surface area contributed by atoms with Crippen LogP contribution in [0.15, 0.2) is 46.8 Å². The molecule has 6 heteroatoms. The molecule has 0 unspecified atom stereocenters. The van der Waals surface area contributed by atoms with Crippen LogP contribution in [0.3, 0.4) is 0 Å². The maximum absolute atomic E-state index is 12.4. The summed E-state index contributed by atoms with van der Waals surface area (Å²) in [7, 11) is 0. The second-order valence-electron chi connectivity index (χ2n) is 11.7. The van der Waals surface area contributed by atoms with Crippen LogP contribution in [0.2, 0.25) is 0 Å². The third kappa shape index (κ3) is 3.94. The minimum absolute atomic E-state index is 0.0763. The first kappa shape index (κ1) is 25.6. The first-order valence-electron chi connectivity index (χ1n) is 12.6. The fraction of sp³-hybridized carbons (Fsp3) is 0.621. The third-order valence-electron chi connectivity index (χ3n) is 8.96. The summed E-state index contributed by atoms with van der Waals surface area (Å²) in [6, 6.07) is 0. The van der Waals surface area contributed by atoms with Gasteiger partial charge in [-0.25, -0.2) is 0 Å². The van der Waals surface area contributed by atoms with E-state index in [1.54, 1.807) is 6.92 Å². The average Bonchev–Trinajstić information content (AvgIpc) is 3.18. The van der Waals surface area contributed by atoms with Gasteiger partial charge in [0.15, 0.2) is 11.6 Å². The summed E-state index contributed by atoms with van der Waals surface area (Å²) in [5.74, 6) is -0.615. The summed E-state index contributed by atoms with van der Waals surface area (Å²) in [4.78, 5) is 36.1. The predicted octanol–water partition coefficient (Wildman–Crippen LogP) is 5.53. The first-order valence-corrected chi connectivity index (χ1v) is 12.6. The molecule has 6 nitrogen and oxygen atoms in total. The van der Waals surface area contributed by atoms with Crippen molar-refractivity contribution in [3.8, 4) is 0 Å². The van der Waals surface area contributed by atoms with Gasteiger partial charge in [0.05, 0.1) is 12.0 Å². The van der Waals surface area contributed by atoms with Crippen LogP contribution in [0.4, 0.5) is 0 Å². The largest absolute Gasteiger partial charge is 0.465 e. The Kier molecular flexibility index (Phi) is 6.28. The Labute approximate surface area is 208 Å². The number of rotatable bonds is 5. The Balaban J connectivity index is 1.61. The Bertz CT molecular complexity index is 1090. The molecule has 190 valence electrons. The van der Waals surface area contributed by atoms with Crippen LogP contribution in [0.25, 0.3) is 0 Å². The lowest BCUT2D eigenvalue weighted by Crippen LogP contribution is -2.64. The van der Waals surface area contributed by atoms with Crippen molar-refractivity contribution in [1.29, 1.82) is 0 Å². The molecule has 1 spiro atoms. The zero-order chi connectivity index (χ0) is 25.8. The van der Waals surface area contributed by atoms with E-state index in [4.69, 9.17) is 14.2 Å². The van der Waals surface area contributed by atoms with Gasteiger partial charge < -0.3 is 14.2 Å². The fourth-order valence-corrected chi connectivity index (χ4v) is 6.72. The zero-order valence-corrected chi connectivity index (χ0v) is 22.1. The molecule has 2 heterocycles. The van der Waals surface area contributed by atoms with Gasteiger partial charge in [-0.15, -0.1) is 0 Å². The lowest BCUT2D eigenvalue weighted by molar-refractivity contribution is -0.324. The smallest absolute Gasteiger partial charge is 0.303 e. The number of esters is 1. The summed E-state index contributed by atoms with van der Waals surface area (Å²) in [6.07, 6.45) is 10.8. The van der Waals surface area contributed by atoms with E-state index in [0.29, 0.717) is 30.6 Å². The second-order valence-corrected chi connectivity index (χ2v) is 11.7. The molecule has 0 radical (unpaired) electrons. The molecule has 0 amide bonds. The molecule has 2 aliphatic carbocycles. The summed E-state index contributed by atoms with van der Waals surface area (Å²) in [6.45, 7) is 14.1. The number of ether oxygens (including phenoxy) is 3. The van der Waals surface area contributed by atoms with Gasteiger partial charge in [-0.1, -0.05) is 31.9 Å². The number of fused-ring (bicyclic) bond motifs is 2. The van der Waals surface area contributed by atoms with Crippen LogP contribution in [0, 0.1) is 16.2 Å². The number of ketones is 2. The molecule has 0 N–H and O–H groups in total. The van der Waals surface area contributed by atoms with Crippen LogP contribution >= 0.6 is 0 Å². The Morgan fingerprint density at radius 2 is 1.86 bits per heavy atom. The summed E-state index contributed by atoms with van der Waals surface area (Å²) in [5.41, 5.74) is 1.10. The van der Waals surface area contributed by atoms with Gasteiger partial charge in [-0.2, -0.15) is 0 Å². The normalized spacial score (nSPS) is 36.4. The first-order chi connectivity index (χ1) is 16.2. The molecule has 1 saturated heterocycles. The van der Waals surface area contributed by atoms with Gasteiger partial charge in [-0.05, 0) is 65.2 Å². The van der Waals surface area contributed by atoms with E-state index in [1.165, 1.54) is 19.1 Å². The predicted molar refractivity (Wildman–Crippen MR) is 132 cm³/mol. The second kappa shape index (κ2) is 8.58. The van der Waals surface area contributed by atoms with E-state index in [1.807, 2.05) is 13.0 Å². The topological polar surface area (TPSA) is 78.9 Å². The minimum Gasteiger partial charge on any atom is -0.465 e. The van der Waals surface area contributed by atoms with Gasteiger partial charge >= 0.3 is 5.97 Å². The maximum atomic E-state index is 12.4. The molecular formula is C29H38O6. The SMILES string of the molecule is CC(=O)O[C@H]1CO[C@]2(OC(C/C(C)=C/CC3=CC(=O)C=C(C)C3=O)=C[C@]3(C)CCC[C@]23C)C1(C)C. The molecule has 0 aromatic rings. The quantitative estimate of drug-likeness (QED) is 0.291. The lowest BCUT2D eigenvalue weighted by Gasteiger charge is -2.59. The van der Waals surface area contributed by atoms with Crippen molar-refractivity contribution in [1.82, 2.24) is 0 Å². The number of carbonyl (C=O) groups excluding carboxylic acids is 3. The highest BCUT2D eigenvalue weighted by atomic mass is 16.7. The maximum Gasteiger partial charge on any atom is 0.303 e. The minimum atomic E-state index is -0.925. The van der Waals surface area contributed by atoms with Crippen LogP contribution in [0.1, 0.15) is 80.6 Å². The fourth-order valence-electron chi connectivity index (χ4n) is 6.72. The van der Waals surface area contributed by atoms with Gasteiger partial charge in [0, 0.05) is 35.3 Å². The van der Waals surface area contributed by atoms with E-state index < -0.39 is 17.3 Å². The molecule has 4 atom stereocenters. The molecule has 0 aromatic carbocycles. The van der Waals surface area contributed by atoms with Crippen LogP contribution in [0.5, 0.6) is 0 Å². The van der Waals surface area contributed by atoms with Crippen molar-refractivity contribution in [3.63, 3.8) is 0 Å². The molecule has 4 rings (SSSR count). The summed E-state index contributed by atoms with van der Waals surface area (Å²) >= 11 is 0. The number of carbonyl (C=O) groups is 3. The van der Waals surface area contributed by atoms with E-state index >= 15 is 0 Å². The van der Waals surface area contributed by atoms with E-state index in [2.05, 4.69) is 33.8 Å². The standard InChI is InChI=1S/C29H38O6/c1-18(9-10-21-15-22(31)14-19(2)25(21)32)13-23-16-27(6)11-8-12-28(27,7)29(35-23)26(4,5)24(17-33-29)34-20(3)30/h9,14-16,24H,8,10-13,17H2,1-7H3/b18-9+/t24-,27-,28-,29-/m0/s1. The highest BCUT2D eigenvalue weighted by Gasteiger charge is 2.74. The van der Waals surface area contributed by atoms with Gasteiger partial charge in [0.1, 0.15) is 11.9 Å². The van der Waals surface area contributed by atoms with Gasteiger partial charge in [0.2, 0.25) is 5.79 Å². The average molecular weight is 483 g/mol. The highest BCUT2D eigenvalue weighted by Crippen LogP contribution is 2.70. The summed E-state index contributed by atoms with van der Waals surface area (Å²) in [5, 5.41) is 0. The molecule has 2 aliphatic heterocycles. The van der Waals surface area contributed by atoms with Gasteiger partial charge in [0.25, 0.3) is 0 Å². The van der Waals surface area contributed by atoms with Crippen LogP contribution in [-0.2, 0) is 28.6 Å². The van der Waals surface area contributed by atoms with E-state index in [-0.39, 0.29) is 28.4 Å². The Hall–Kier alpha value is -2.47. The number of Topliss-reactive ketones (excluding diaryl/α,β-unsaturated/α-hetero) is 1. The van der Waals surface area contributed by atoms with Crippen LogP contribution < -0.4 is 0 Å². The van der Waals surface area contributed by atoms with Gasteiger partial charge in [-0.3, -0.25) is 14.4 Å². The third-order valence-corrected chi connectivity index (χ3v) is 8.96. The molecule has 4 aliphatic rings. The monoisotopic (exact) mass is 482 g/mol. The molecule has 0 bridgehead atoms. The van der Waals surface area contributed by atoms with Crippen molar-refractivity contribution >= 4 is 17.5 Å². The Morgan fingerprint density at radius 3 is 2.54 bits per heavy atom. The number of hydrogen-bond acceptors (Lipinski definition) is 6.